The fourth-order valence-electron chi connectivity index (χ4n) is 3.03. The van der Waals surface area contributed by atoms with Gasteiger partial charge in [-0.25, -0.2) is 0 Å². The van der Waals surface area contributed by atoms with E-state index in [0.717, 1.165) is 16.0 Å². The number of fused-ring (bicyclic) bond motifs is 1. The van der Waals surface area contributed by atoms with Crippen LogP contribution in [0.15, 0.2) is 48.5 Å². The van der Waals surface area contributed by atoms with Crippen molar-refractivity contribution in [3.05, 3.63) is 70.8 Å². The van der Waals surface area contributed by atoms with Crippen LogP contribution in [0.1, 0.15) is 44.7 Å². The molecule has 3 rings (SSSR count). The first kappa shape index (κ1) is 19.3. The summed E-state index contributed by atoms with van der Waals surface area (Å²) in [6, 6.07) is 14.3. The Hall–Kier alpha value is -3.48. The van der Waals surface area contributed by atoms with E-state index in [1.807, 2.05) is 37.3 Å². The molecule has 4 amide bonds. The van der Waals surface area contributed by atoms with E-state index in [9.17, 15) is 19.2 Å². The maximum atomic E-state index is 12.4. The SMILES string of the molecule is Cc1ccc2c(c1)C(=O)N(CCCC(=O)NNC(=O)Cc1ccccc1)C2=O. The van der Waals surface area contributed by atoms with Gasteiger partial charge < -0.3 is 0 Å². The summed E-state index contributed by atoms with van der Waals surface area (Å²) in [5.41, 5.74) is 7.26. The van der Waals surface area contributed by atoms with E-state index in [1.54, 1.807) is 18.2 Å². The summed E-state index contributed by atoms with van der Waals surface area (Å²) >= 11 is 0. The number of hydrogen-bond donors (Lipinski definition) is 2. The quantitative estimate of drug-likeness (QED) is 0.591. The second-order valence-corrected chi connectivity index (χ2v) is 6.67. The molecule has 0 aliphatic carbocycles. The van der Waals surface area contributed by atoms with Crippen LogP contribution < -0.4 is 10.9 Å². The smallest absolute Gasteiger partial charge is 0.261 e. The highest BCUT2D eigenvalue weighted by Crippen LogP contribution is 2.24. The summed E-state index contributed by atoms with van der Waals surface area (Å²) in [5.74, 6) is -1.37. The van der Waals surface area contributed by atoms with Gasteiger partial charge in [-0.3, -0.25) is 34.9 Å². The molecule has 1 heterocycles. The third-order valence-corrected chi connectivity index (χ3v) is 4.46. The molecule has 0 aromatic heterocycles. The number of amides is 4. The maximum Gasteiger partial charge on any atom is 0.261 e. The molecule has 1 aliphatic rings. The van der Waals surface area contributed by atoms with E-state index in [4.69, 9.17) is 0 Å². The highest BCUT2D eigenvalue weighted by atomic mass is 16.2. The Labute approximate surface area is 162 Å². The lowest BCUT2D eigenvalue weighted by molar-refractivity contribution is -0.128. The van der Waals surface area contributed by atoms with Gasteiger partial charge in [0.05, 0.1) is 17.5 Å². The number of carbonyl (C=O) groups excluding carboxylic acids is 4. The molecule has 2 aromatic carbocycles. The minimum Gasteiger partial charge on any atom is -0.274 e. The lowest BCUT2D eigenvalue weighted by Gasteiger charge is -2.13. The van der Waals surface area contributed by atoms with Crippen LogP contribution in [-0.2, 0) is 16.0 Å². The van der Waals surface area contributed by atoms with Crippen molar-refractivity contribution in [1.82, 2.24) is 15.8 Å². The van der Waals surface area contributed by atoms with Gasteiger partial charge in [-0.05, 0) is 31.0 Å². The molecule has 28 heavy (non-hydrogen) atoms. The number of benzene rings is 2. The molecule has 2 aromatic rings. The Balaban J connectivity index is 1.41. The van der Waals surface area contributed by atoms with Crippen molar-refractivity contribution < 1.29 is 19.2 Å². The van der Waals surface area contributed by atoms with E-state index in [1.165, 1.54) is 0 Å². The zero-order valence-corrected chi connectivity index (χ0v) is 15.5. The van der Waals surface area contributed by atoms with Gasteiger partial charge in [0.1, 0.15) is 0 Å². The number of rotatable bonds is 6. The molecular formula is C21H21N3O4. The molecule has 144 valence electrons. The molecular weight excluding hydrogens is 358 g/mol. The number of hydrogen-bond acceptors (Lipinski definition) is 4. The van der Waals surface area contributed by atoms with Gasteiger partial charge in [0.25, 0.3) is 11.8 Å². The molecule has 0 radical (unpaired) electrons. The van der Waals surface area contributed by atoms with Crippen LogP contribution in [0.4, 0.5) is 0 Å². The summed E-state index contributed by atoms with van der Waals surface area (Å²) in [6.07, 6.45) is 0.554. The van der Waals surface area contributed by atoms with Crippen molar-refractivity contribution in [2.45, 2.75) is 26.2 Å². The van der Waals surface area contributed by atoms with E-state index in [-0.39, 0.29) is 43.0 Å². The van der Waals surface area contributed by atoms with E-state index in [0.29, 0.717) is 17.5 Å². The first-order valence-corrected chi connectivity index (χ1v) is 9.04. The average Bonchev–Trinajstić information content (AvgIpc) is 2.91. The van der Waals surface area contributed by atoms with Crippen molar-refractivity contribution in [3.63, 3.8) is 0 Å². The third kappa shape index (κ3) is 4.43. The second kappa shape index (κ2) is 8.47. The summed E-state index contributed by atoms with van der Waals surface area (Å²) < 4.78 is 0. The lowest BCUT2D eigenvalue weighted by atomic mass is 10.1. The third-order valence-electron chi connectivity index (χ3n) is 4.46. The van der Waals surface area contributed by atoms with Crippen molar-refractivity contribution in [3.8, 4) is 0 Å². The fraction of sp³-hybridized carbons (Fsp3) is 0.238. The molecule has 0 unspecified atom stereocenters. The first-order valence-electron chi connectivity index (χ1n) is 9.04. The van der Waals surface area contributed by atoms with Crippen molar-refractivity contribution in [2.75, 3.05) is 6.54 Å². The number of hydrazine groups is 1. The van der Waals surface area contributed by atoms with Crippen LogP contribution in [0.5, 0.6) is 0 Å². The lowest BCUT2D eigenvalue weighted by Crippen LogP contribution is -2.42. The number of carbonyl (C=O) groups is 4. The molecule has 7 heteroatoms. The van der Waals surface area contributed by atoms with Gasteiger partial charge in [0.15, 0.2) is 0 Å². The van der Waals surface area contributed by atoms with E-state index < -0.39 is 0 Å². The predicted octanol–water partition coefficient (Wildman–Crippen LogP) is 1.76. The average molecular weight is 379 g/mol. The Bertz CT molecular complexity index is 925. The van der Waals surface area contributed by atoms with Crippen molar-refractivity contribution in [2.24, 2.45) is 0 Å². The van der Waals surface area contributed by atoms with Crippen LogP contribution >= 0.6 is 0 Å². The number of nitrogens with one attached hydrogen (secondary N) is 2. The van der Waals surface area contributed by atoms with Crippen LogP contribution in [0, 0.1) is 6.92 Å². The first-order chi connectivity index (χ1) is 13.5. The summed E-state index contributed by atoms with van der Waals surface area (Å²) in [5, 5.41) is 0. The van der Waals surface area contributed by atoms with Crippen LogP contribution in [-0.4, -0.2) is 35.1 Å². The minimum atomic E-state index is -0.381. The fourth-order valence-corrected chi connectivity index (χ4v) is 3.03. The molecule has 2 N–H and O–H groups in total. The van der Waals surface area contributed by atoms with Gasteiger partial charge in [-0.15, -0.1) is 0 Å². The van der Waals surface area contributed by atoms with Gasteiger partial charge in [-0.2, -0.15) is 0 Å². The molecule has 1 aliphatic heterocycles. The van der Waals surface area contributed by atoms with Gasteiger partial charge in [-0.1, -0.05) is 42.0 Å². The highest BCUT2D eigenvalue weighted by molar-refractivity contribution is 6.21. The Morgan fingerprint density at radius 2 is 1.57 bits per heavy atom. The molecule has 0 saturated carbocycles. The molecule has 7 nitrogen and oxygen atoms in total. The Morgan fingerprint density at radius 1 is 0.893 bits per heavy atom. The number of nitrogens with zero attached hydrogens (tertiary/aromatic N) is 1. The van der Waals surface area contributed by atoms with Crippen molar-refractivity contribution in [1.29, 1.82) is 0 Å². The normalized spacial score (nSPS) is 12.7. The largest absolute Gasteiger partial charge is 0.274 e. The Morgan fingerprint density at radius 3 is 2.32 bits per heavy atom. The Kier molecular flexibility index (Phi) is 5.84. The van der Waals surface area contributed by atoms with Crippen molar-refractivity contribution >= 4 is 23.6 Å². The molecule has 0 fully saturated rings. The summed E-state index contributed by atoms with van der Waals surface area (Å²) in [6.45, 7) is 2.01. The molecule has 0 saturated heterocycles. The van der Waals surface area contributed by atoms with Crippen LogP contribution in [0.2, 0.25) is 0 Å². The van der Waals surface area contributed by atoms with Gasteiger partial charge in [0, 0.05) is 13.0 Å². The van der Waals surface area contributed by atoms with Gasteiger partial charge in [0.2, 0.25) is 11.8 Å². The zero-order chi connectivity index (χ0) is 20.1. The second-order valence-electron chi connectivity index (χ2n) is 6.67. The monoisotopic (exact) mass is 379 g/mol. The number of aryl methyl sites for hydroxylation is 1. The topological polar surface area (TPSA) is 95.6 Å². The summed E-state index contributed by atoms with van der Waals surface area (Å²) in [7, 11) is 0. The predicted molar refractivity (Wildman–Crippen MR) is 102 cm³/mol. The van der Waals surface area contributed by atoms with Crippen LogP contribution in [0.25, 0.3) is 0 Å². The summed E-state index contributed by atoms with van der Waals surface area (Å²) in [4.78, 5) is 49.6. The van der Waals surface area contributed by atoms with Gasteiger partial charge >= 0.3 is 0 Å². The highest BCUT2D eigenvalue weighted by Gasteiger charge is 2.34. The minimum absolute atomic E-state index is 0.0814. The van der Waals surface area contributed by atoms with Crippen LogP contribution in [0.3, 0.4) is 0 Å². The van der Waals surface area contributed by atoms with E-state index in [2.05, 4.69) is 10.9 Å². The zero-order valence-electron chi connectivity index (χ0n) is 15.5. The number of imide groups is 1. The molecule has 0 atom stereocenters. The molecule has 0 bridgehead atoms. The van der Waals surface area contributed by atoms with E-state index >= 15 is 0 Å². The maximum absolute atomic E-state index is 12.4. The molecule has 0 spiro atoms. The standard InChI is InChI=1S/C21H21N3O4/c1-14-9-10-16-17(12-14)21(28)24(20(16)27)11-5-8-18(25)22-23-19(26)13-15-6-3-2-4-7-15/h2-4,6-7,9-10,12H,5,8,11,13H2,1H3,(H,22,25)(H,23,26).